The maximum Gasteiger partial charge on any atom is 0.102 e. The first kappa shape index (κ1) is 10.5. The van der Waals surface area contributed by atoms with Crippen molar-refractivity contribution in [3.8, 4) is 6.07 Å². The molecule has 0 spiro atoms. The smallest absolute Gasteiger partial charge is 0.102 e. The SMILES string of the molecule is N#Cc1c(Cl)cc(NCS)cc1Cl. The molecule has 0 saturated heterocycles. The van der Waals surface area contributed by atoms with Crippen LogP contribution in [-0.2, 0) is 0 Å². The molecule has 0 heterocycles. The Kier molecular flexibility index (Phi) is 3.73. The van der Waals surface area contributed by atoms with Crippen molar-refractivity contribution in [3.63, 3.8) is 0 Å². The van der Waals surface area contributed by atoms with E-state index in [1.807, 2.05) is 6.07 Å². The minimum Gasteiger partial charge on any atom is -0.376 e. The summed E-state index contributed by atoms with van der Waals surface area (Å²) >= 11 is 15.6. The fourth-order valence-corrected chi connectivity index (χ4v) is 1.63. The summed E-state index contributed by atoms with van der Waals surface area (Å²) in [5, 5.41) is 12.3. The average molecular weight is 233 g/mol. The number of nitrogens with one attached hydrogen (secondary N) is 1. The number of hydrogen-bond donors (Lipinski definition) is 2. The standard InChI is InChI=1S/C8H6Cl2N2S/c9-7-1-5(12-4-13)2-8(10)6(7)3-11/h1-2,12-13H,4H2. The largest absolute Gasteiger partial charge is 0.376 e. The Morgan fingerprint density at radius 1 is 1.38 bits per heavy atom. The van der Waals surface area contributed by atoms with Gasteiger partial charge in [0.2, 0.25) is 0 Å². The van der Waals surface area contributed by atoms with Gasteiger partial charge in [0.15, 0.2) is 0 Å². The molecule has 0 aliphatic rings. The molecule has 0 aliphatic carbocycles. The molecule has 0 atom stereocenters. The minimum atomic E-state index is 0.299. The topological polar surface area (TPSA) is 35.8 Å². The van der Waals surface area contributed by atoms with Gasteiger partial charge in [-0.3, -0.25) is 0 Å². The Bertz CT molecular complexity index is 337. The quantitative estimate of drug-likeness (QED) is 0.608. The third-order valence-electron chi connectivity index (χ3n) is 1.44. The summed E-state index contributed by atoms with van der Waals surface area (Å²) in [7, 11) is 0. The number of halogens is 2. The van der Waals surface area contributed by atoms with Crippen LogP contribution in [0, 0.1) is 11.3 Å². The van der Waals surface area contributed by atoms with Crippen molar-refractivity contribution in [2.75, 3.05) is 11.2 Å². The summed E-state index contributed by atoms with van der Waals surface area (Å²) in [6.07, 6.45) is 0. The normalized spacial score (nSPS) is 9.38. The first-order chi connectivity index (χ1) is 6.19. The van der Waals surface area contributed by atoms with Gasteiger partial charge >= 0.3 is 0 Å². The number of hydrogen-bond acceptors (Lipinski definition) is 3. The molecule has 0 saturated carbocycles. The maximum absolute atomic E-state index is 8.67. The van der Waals surface area contributed by atoms with Crippen LogP contribution in [0.15, 0.2) is 12.1 Å². The van der Waals surface area contributed by atoms with Crippen molar-refractivity contribution < 1.29 is 0 Å². The van der Waals surface area contributed by atoms with E-state index in [1.165, 1.54) is 0 Å². The van der Waals surface area contributed by atoms with Gasteiger partial charge in [0.25, 0.3) is 0 Å². The lowest BCUT2D eigenvalue weighted by molar-refractivity contribution is 1.44. The number of anilines is 1. The van der Waals surface area contributed by atoms with Crippen molar-refractivity contribution in [1.82, 2.24) is 0 Å². The molecule has 0 aliphatic heterocycles. The van der Waals surface area contributed by atoms with Gasteiger partial charge in [-0.2, -0.15) is 17.9 Å². The summed E-state index contributed by atoms with van der Waals surface area (Å²) in [5.41, 5.74) is 1.05. The maximum atomic E-state index is 8.67. The average Bonchev–Trinajstić information content (AvgIpc) is 2.04. The van der Waals surface area contributed by atoms with E-state index in [0.717, 1.165) is 5.69 Å². The van der Waals surface area contributed by atoms with Gasteiger partial charge in [-0.05, 0) is 12.1 Å². The molecule has 2 nitrogen and oxygen atoms in total. The number of nitriles is 1. The van der Waals surface area contributed by atoms with Crippen LogP contribution in [0.3, 0.4) is 0 Å². The van der Waals surface area contributed by atoms with Gasteiger partial charge < -0.3 is 5.32 Å². The van der Waals surface area contributed by atoms with Crippen LogP contribution < -0.4 is 5.32 Å². The lowest BCUT2D eigenvalue weighted by atomic mass is 10.2. The molecule has 68 valence electrons. The Hall–Kier alpha value is -0.560. The predicted molar refractivity (Wildman–Crippen MR) is 58.7 cm³/mol. The zero-order valence-corrected chi connectivity index (χ0v) is 8.92. The highest BCUT2D eigenvalue weighted by atomic mass is 35.5. The molecular weight excluding hydrogens is 227 g/mol. The molecule has 1 aromatic carbocycles. The van der Waals surface area contributed by atoms with Crippen molar-refractivity contribution in [1.29, 1.82) is 5.26 Å². The van der Waals surface area contributed by atoms with Crippen molar-refractivity contribution in [3.05, 3.63) is 27.7 Å². The van der Waals surface area contributed by atoms with Crippen molar-refractivity contribution in [2.45, 2.75) is 0 Å². The Morgan fingerprint density at radius 2 is 1.92 bits per heavy atom. The van der Waals surface area contributed by atoms with Crippen LogP contribution in [-0.4, -0.2) is 5.88 Å². The highest BCUT2D eigenvalue weighted by Gasteiger charge is 2.06. The second-order valence-electron chi connectivity index (χ2n) is 2.26. The van der Waals surface area contributed by atoms with Crippen molar-refractivity contribution >= 4 is 41.5 Å². The molecule has 1 rings (SSSR count). The van der Waals surface area contributed by atoms with Crippen LogP contribution >= 0.6 is 35.8 Å². The highest BCUT2D eigenvalue weighted by Crippen LogP contribution is 2.28. The van der Waals surface area contributed by atoms with Gasteiger partial charge in [-0.1, -0.05) is 23.2 Å². The molecule has 1 N–H and O–H groups in total. The number of benzene rings is 1. The molecule has 1 aromatic rings. The predicted octanol–water partition coefficient (Wildman–Crippen LogP) is 3.16. The van der Waals surface area contributed by atoms with E-state index >= 15 is 0 Å². The monoisotopic (exact) mass is 232 g/mol. The van der Waals surface area contributed by atoms with Crippen LogP contribution in [0.1, 0.15) is 5.56 Å². The summed E-state index contributed by atoms with van der Waals surface area (Å²) < 4.78 is 0. The zero-order valence-electron chi connectivity index (χ0n) is 6.51. The summed E-state index contributed by atoms with van der Waals surface area (Å²) in [6, 6.07) is 5.20. The Balaban J connectivity index is 3.14. The van der Waals surface area contributed by atoms with E-state index in [9.17, 15) is 0 Å². The molecule has 0 aromatic heterocycles. The Morgan fingerprint density at radius 3 is 2.31 bits per heavy atom. The zero-order chi connectivity index (χ0) is 9.84. The van der Waals surface area contributed by atoms with Crippen LogP contribution in [0.2, 0.25) is 10.0 Å². The van der Waals surface area contributed by atoms with E-state index < -0.39 is 0 Å². The van der Waals surface area contributed by atoms with E-state index in [2.05, 4.69) is 17.9 Å². The second kappa shape index (κ2) is 4.61. The van der Waals surface area contributed by atoms with Gasteiger partial charge in [0, 0.05) is 5.69 Å². The highest BCUT2D eigenvalue weighted by molar-refractivity contribution is 7.80. The molecule has 13 heavy (non-hydrogen) atoms. The molecule has 0 fully saturated rings. The third kappa shape index (κ3) is 2.44. The molecule has 0 radical (unpaired) electrons. The van der Waals surface area contributed by atoms with Crippen LogP contribution in [0.4, 0.5) is 5.69 Å². The first-order valence-electron chi connectivity index (χ1n) is 3.43. The lowest BCUT2D eigenvalue weighted by Crippen LogP contribution is -1.94. The van der Waals surface area contributed by atoms with Crippen LogP contribution in [0.5, 0.6) is 0 Å². The molecule has 0 bridgehead atoms. The molecule has 0 amide bonds. The fraction of sp³-hybridized carbons (Fsp3) is 0.125. The van der Waals surface area contributed by atoms with E-state index in [-0.39, 0.29) is 0 Å². The summed E-state index contributed by atoms with van der Waals surface area (Å²) in [4.78, 5) is 0. The molecule has 0 unspecified atom stereocenters. The number of rotatable bonds is 2. The fourth-order valence-electron chi connectivity index (χ4n) is 0.873. The first-order valence-corrected chi connectivity index (χ1v) is 4.81. The van der Waals surface area contributed by atoms with Gasteiger partial charge in [0.1, 0.15) is 6.07 Å². The summed E-state index contributed by atoms with van der Waals surface area (Å²) in [5.74, 6) is 0.485. The van der Waals surface area contributed by atoms with Gasteiger partial charge in [-0.15, -0.1) is 0 Å². The third-order valence-corrected chi connectivity index (χ3v) is 2.19. The van der Waals surface area contributed by atoms with Crippen LogP contribution in [0.25, 0.3) is 0 Å². The molecular formula is C8H6Cl2N2S. The second-order valence-corrected chi connectivity index (χ2v) is 3.39. The Labute approximate surface area is 91.9 Å². The van der Waals surface area contributed by atoms with E-state index in [0.29, 0.717) is 21.5 Å². The number of nitrogens with zero attached hydrogens (tertiary/aromatic N) is 1. The van der Waals surface area contributed by atoms with Crippen molar-refractivity contribution in [2.24, 2.45) is 0 Å². The summed E-state index contributed by atoms with van der Waals surface area (Å²) in [6.45, 7) is 0. The molecule has 5 heteroatoms. The lowest BCUT2D eigenvalue weighted by Gasteiger charge is -2.05. The number of thiol groups is 1. The van der Waals surface area contributed by atoms with Gasteiger partial charge in [-0.25, -0.2) is 0 Å². The minimum absolute atomic E-state index is 0.299. The van der Waals surface area contributed by atoms with E-state index in [1.54, 1.807) is 12.1 Å². The van der Waals surface area contributed by atoms with E-state index in [4.69, 9.17) is 28.5 Å². The van der Waals surface area contributed by atoms with Gasteiger partial charge in [0.05, 0.1) is 21.5 Å².